The number of carbonyl (C=O) groups is 1. The second-order valence-electron chi connectivity index (χ2n) is 2.83. The molecule has 0 N–H and O–H groups in total. The van der Waals surface area contributed by atoms with Crippen molar-refractivity contribution in [1.82, 2.24) is 4.57 Å². The molecule has 0 radical (unpaired) electrons. The van der Waals surface area contributed by atoms with Crippen LogP contribution in [0.15, 0.2) is 30.3 Å². The highest BCUT2D eigenvalue weighted by atomic mass is 35.5. The van der Waals surface area contributed by atoms with E-state index in [0.717, 1.165) is 10.9 Å². The summed E-state index contributed by atoms with van der Waals surface area (Å²) in [6, 6.07) is 9.17. The zero-order valence-corrected chi connectivity index (χ0v) is 8.28. The topological polar surface area (TPSA) is 31.2 Å². The molecule has 0 aliphatic heterocycles. The van der Waals surface area contributed by atoms with Crippen LogP contribution in [0.5, 0.6) is 0 Å². The van der Waals surface area contributed by atoms with Crippen LogP contribution < -0.4 is 0 Å². The van der Waals surface area contributed by atoms with Crippen LogP contribution >= 0.6 is 11.6 Å². The number of ether oxygens (including phenoxy) is 1. The Morgan fingerprint density at radius 1 is 1.43 bits per heavy atom. The maximum Gasteiger partial charge on any atom is 0.419 e. The van der Waals surface area contributed by atoms with E-state index in [1.54, 1.807) is 6.07 Å². The van der Waals surface area contributed by atoms with E-state index in [0.29, 0.717) is 5.15 Å². The Labute approximate surface area is 85.8 Å². The largest absolute Gasteiger partial charge is 0.452 e. The Morgan fingerprint density at radius 2 is 2.14 bits per heavy atom. The van der Waals surface area contributed by atoms with Crippen molar-refractivity contribution in [1.29, 1.82) is 0 Å². The summed E-state index contributed by atoms with van der Waals surface area (Å²) >= 11 is 5.90. The molecule has 0 bridgehead atoms. The number of halogens is 1. The van der Waals surface area contributed by atoms with E-state index in [2.05, 4.69) is 4.74 Å². The third kappa shape index (κ3) is 1.26. The summed E-state index contributed by atoms with van der Waals surface area (Å²) in [5.41, 5.74) is 0.754. The van der Waals surface area contributed by atoms with Gasteiger partial charge in [0.25, 0.3) is 0 Å². The minimum Gasteiger partial charge on any atom is -0.452 e. The molecule has 0 fully saturated rings. The zero-order chi connectivity index (χ0) is 10.1. The fourth-order valence-electron chi connectivity index (χ4n) is 1.40. The lowest BCUT2D eigenvalue weighted by atomic mass is 10.2. The molecule has 1 aromatic carbocycles. The number of para-hydroxylation sites is 1. The number of aromatic nitrogens is 1. The van der Waals surface area contributed by atoms with E-state index in [4.69, 9.17) is 11.6 Å². The van der Waals surface area contributed by atoms with Crippen molar-refractivity contribution in [2.24, 2.45) is 0 Å². The fraction of sp³-hybridized carbons (Fsp3) is 0.100. The quantitative estimate of drug-likeness (QED) is 0.668. The summed E-state index contributed by atoms with van der Waals surface area (Å²) in [6.45, 7) is 0. The molecule has 2 aromatic rings. The van der Waals surface area contributed by atoms with Gasteiger partial charge in [0.2, 0.25) is 0 Å². The summed E-state index contributed by atoms with van der Waals surface area (Å²) in [5, 5.41) is 1.28. The van der Waals surface area contributed by atoms with Gasteiger partial charge >= 0.3 is 6.09 Å². The first-order valence-electron chi connectivity index (χ1n) is 4.08. The Balaban J connectivity index is 2.74. The number of nitrogens with zero attached hydrogens (tertiary/aromatic N) is 1. The summed E-state index contributed by atoms with van der Waals surface area (Å²) in [5.74, 6) is 0. The van der Waals surface area contributed by atoms with Crippen LogP contribution in [0.4, 0.5) is 4.79 Å². The van der Waals surface area contributed by atoms with Crippen LogP contribution in [0.3, 0.4) is 0 Å². The Bertz CT molecular complexity index is 490. The van der Waals surface area contributed by atoms with Crippen molar-refractivity contribution in [3.8, 4) is 0 Å². The molecule has 3 nitrogen and oxygen atoms in total. The van der Waals surface area contributed by atoms with Gasteiger partial charge in [-0.3, -0.25) is 0 Å². The van der Waals surface area contributed by atoms with Gasteiger partial charge in [-0.1, -0.05) is 29.8 Å². The van der Waals surface area contributed by atoms with Crippen molar-refractivity contribution in [2.45, 2.75) is 0 Å². The molecular weight excluding hydrogens is 202 g/mol. The first-order valence-corrected chi connectivity index (χ1v) is 4.46. The molecule has 0 saturated heterocycles. The summed E-state index contributed by atoms with van der Waals surface area (Å²) in [6.07, 6.45) is -0.476. The van der Waals surface area contributed by atoms with Crippen molar-refractivity contribution in [2.75, 3.05) is 7.11 Å². The van der Waals surface area contributed by atoms with E-state index >= 15 is 0 Å². The minimum atomic E-state index is -0.476. The van der Waals surface area contributed by atoms with E-state index in [1.807, 2.05) is 24.3 Å². The number of hydrogen-bond donors (Lipinski definition) is 0. The second-order valence-corrected chi connectivity index (χ2v) is 3.22. The van der Waals surface area contributed by atoms with Crippen LogP contribution in [-0.2, 0) is 4.74 Å². The lowest BCUT2D eigenvalue weighted by Gasteiger charge is -2.02. The molecule has 0 aliphatic rings. The average Bonchev–Trinajstić information content (AvgIpc) is 2.53. The predicted octanol–water partition coefficient (Wildman–Crippen LogP) is 2.91. The standard InChI is InChI=1S/C10H8ClNO2/c1-14-10(13)12-8-5-3-2-4-7(8)6-9(12)11/h2-6H,1H3. The molecule has 0 unspecified atom stereocenters. The molecule has 1 heterocycles. The molecule has 1 aromatic heterocycles. The maximum atomic E-state index is 11.4. The third-order valence-corrected chi connectivity index (χ3v) is 2.30. The molecule has 0 atom stereocenters. The number of carbonyl (C=O) groups excluding carboxylic acids is 1. The van der Waals surface area contributed by atoms with Gasteiger partial charge in [0.15, 0.2) is 0 Å². The summed E-state index contributed by atoms with van der Waals surface area (Å²) in [4.78, 5) is 11.4. The molecule has 0 amide bonds. The van der Waals surface area contributed by atoms with Gasteiger partial charge in [0.05, 0.1) is 12.6 Å². The number of fused-ring (bicyclic) bond motifs is 1. The van der Waals surface area contributed by atoms with Gasteiger partial charge in [-0.05, 0) is 12.1 Å². The lowest BCUT2D eigenvalue weighted by Crippen LogP contribution is -2.10. The van der Waals surface area contributed by atoms with E-state index in [9.17, 15) is 4.79 Å². The monoisotopic (exact) mass is 209 g/mol. The van der Waals surface area contributed by atoms with Crippen LogP contribution in [-0.4, -0.2) is 17.8 Å². The normalized spacial score (nSPS) is 10.4. The number of benzene rings is 1. The molecular formula is C10H8ClNO2. The summed E-state index contributed by atoms with van der Waals surface area (Å²) in [7, 11) is 1.33. The molecule has 0 spiro atoms. The smallest absolute Gasteiger partial charge is 0.419 e. The van der Waals surface area contributed by atoms with E-state index < -0.39 is 6.09 Å². The molecule has 0 saturated carbocycles. The first-order chi connectivity index (χ1) is 6.74. The fourth-order valence-corrected chi connectivity index (χ4v) is 1.68. The highest BCUT2D eigenvalue weighted by Crippen LogP contribution is 2.23. The van der Waals surface area contributed by atoms with Crippen LogP contribution in [0.1, 0.15) is 0 Å². The van der Waals surface area contributed by atoms with Crippen molar-refractivity contribution >= 4 is 28.6 Å². The molecule has 2 rings (SSSR count). The van der Waals surface area contributed by atoms with E-state index in [1.165, 1.54) is 11.7 Å². The predicted molar refractivity (Wildman–Crippen MR) is 54.8 cm³/mol. The van der Waals surface area contributed by atoms with Crippen LogP contribution in [0, 0.1) is 0 Å². The third-order valence-electron chi connectivity index (χ3n) is 2.02. The van der Waals surface area contributed by atoms with E-state index in [-0.39, 0.29) is 0 Å². The number of methoxy groups -OCH3 is 1. The van der Waals surface area contributed by atoms with Gasteiger partial charge < -0.3 is 4.74 Å². The number of hydrogen-bond acceptors (Lipinski definition) is 2. The van der Waals surface area contributed by atoms with Crippen LogP contribution in [0.25, 0.3) is 10.9 Å². The highest BCUT2D eigenvalue weighted by molar-refractivity contribution is 6.32. The zero-order valence-electron chi connectivity index (χ0n) is 7.53. The van der Waals surface area contributed by atoms with Gasteiger partial charge in [-0.25, -0.2) is 9.36 Å². The second kappa shape index (κ2) is 3.35. The minimum absolute atomic E-state index is 0.359. The van der Waals surface area contributed by atoms with Gasteiger partial charge in [0, 0.05) is 5.39 Å². The molecule has 72 valence electrons. The Kier molecular flexibility index (Phi) is 2.17. The van der Waals surface area contributed by atoms with Crippen LogP contribution in [0.2, 0.25) is 5.15 Å². The number of rotatable bonds is 0. The molecule has 0 aliphatic carbocycles. The maximum absolute atomic E-state index is 11.4. The molecule has 4 heteroatoms. The Hall–Kier alpha value is -1.48. The van der Waals surface area contributed by atoms with Crippen molar-refractivity contribution in [3.63, 3.8) is 0 Å². The first kappa shape index (κ1) is 9.09. The SMILES string of the molecule is COC(=O)n1c(Cl)cc2ccccc21. The lowest BCUT2D eigenvalue weighted by molar-refractivity contribution is 0.174. The van der Waals surface area contributed by atoms with Gasteiger partial charge in [-0.15, -0.1) is 0 Å². The van der Waals surface area contributed by atoms with Gasteiger partial charge in [-0.2, -0.15) is 0 Å². The average molecular weight is 210 g/mol. The summed E-state index contributed by atoms with van der Waals surface area (Å²) < 4.78 is 5.95. The van der Waals surface area contributed by atoms with Crippen molar-refractivity contribution in [3.05, 3.63) is 35.5 Å². The van der Waals surface area contributed by atoms with Gasteiger partial charge in [0.1, 0.15) is 5.15 Å². The van der Waals surface area contributed by atoms with Crippen molar-refractivity contribution < 1.29 is 9.53 Å². The Morgan fingerprint density at radius 3 is 2.86 bits per heavy atom. The molecule has 14 heavy (non-hydrogen) atoms. The highest BCUT2D eigenvalue weighted by Gasteiger charge is 2.12.